The molecule has 0 bridgehead atoms. The van der Waals surface area contributed by atoms with Gasteiger partial charge in [-0.25, -0.2) is 9.59 Å². The summed E-state index contributed by atoms with van der Waals surface area (Å²) in [6.07, 6.45) is 2.26. The normalized spacial score (nSPS) is 21.7. The van der Waals surface area contributed by atoms with Gasteiger partial charge < -0.3 is 24.4 Å². The number of carbonyl (C=O) groups excluding carboxylic acids is 3. The number of ether oxygens (including phenoxy) is 2. The van der Waals surface area contributed by atoms with Crippen LogP contribution in [0.1, 0.15) is 67.7 Å². The lowest BCUT2D eigenvalue weighted by molar-refractivity contribution is -0.109. The molecule has 2 unspecified atom stereocenters. The Hall–Kier alpha value is -1.48. The van der Waals surface area contributed by atoms with Gasteiger partial charge in [0.2, 0.25) is 0 Å². The number of aliphatic hydroxyl groups excluding tert-OH is 1. The number of carbonyl (C=O) groups is 3. The molecule has 2 atom stereocenters. The molecular weight excluding hydrogens is 408 g/mol. The first-order valence-electron chi connectivity index (χ1n) is 10.5. The molecule has 0 aromatic heterocycles. The number of amides is 2. The smallest absolute Gasteiger partial charge is 0.410 e. The molecule has 0 aliphatic carbocycles. The maximum Gasteiger partial charge on any atom is 0.410 e. The van der Waals surface area contributed by atoms with Crippen LogP contribution in [0.3, 0.4) is 0 Å². The summed E-state index contributed by atoms with van der Waals surface area (Å²) in [5.74, 6) is 0. The lowest BCUT2D eigenvalue weighted by atomic mass is 10.2. The van der Waals surface area contributed by atoms with E-state index in [9.17, 15) is 19.5 Å². The third-order valence-electron chi connectivity index (χ3n) is 4.31. The Morgan fingerprint density at radius 1 is 0.967 bits per heavy atom. The van der Waals surface area contributed by atoms with Gasteiger partial charge in [0.1, 0.15) is 11.2 Å². The van der Waals surface area contributed by atoms with Crippen LogP contribution in [0, 0.1) is 0 Å². The molecule has 174 valence electrons. The zero-order valence-corrected chi connectivity index (χ0v) is 20.2. The summed E-state index contributed by atoms with van der Waals surface area (Å²) in [4.78, 5) is 37.7. The number of aliphatic hydroxyl groups is 1. The molecule has 0 spiro atoms. The van der Waals surface area contributed by atoms with Gasteiger partial charge in [-0.15, -0.1) is 0 Å². The minimum Gasteiger partial charge on any atom is -0.444 e. The SMILES string of the molecule is CC(=O)SC1CC(CO)N(C(=O)OC(C)(C)C)C1.CC(C)(C)OC(=O)N1CCCC1. The number of thioether (sulfide) groups is 1. The summed E-state index contributed by atoms with van der Waals surface area (Å²) < 4.78 is 10.5. The zero-order chi connectivity index (χ0) is 23.1. The topological polar surface area (TPSA) is 96.4 Å². The maximum absolute atomic E-state index is 12.0. The Kier molecular flexibility index (Phi) is 9.94. The second kappa shape index (κ2) is 11.2. The molecule has 0 aromatic carbocycles. The predicted octanol–water partition coefficient (Wildman–Crippen LogP) is 3.65. The molecule has 9 heteroatoms. The molecule has 0 saturated carbocycles. The molecule has 1 N–H and O–H groups in total. The minimum atomic E-state index is -0.553. The van der Waals surface area contributed by atoms with E-state index in [2.05, 4.69) is 0 Å². The van der Waals surface area contributed by atoms with Crippen molar-refractivity contribution in [3.63, 3.8) is 0 Å². The van der Waals surface area contributed by atoms with Crippen molar-refractivity contribution in [1.82, 2.24) is 9.80 Å². The number of hydrogen-bond donors (Lipinski definition) is 1. The van der Waals surface area contributed by atoms with Crippen molar-refractivity contribution >= 4 is 29.1 Å². The first-order chi connectivity index (χ1) is 13.7. The highest BCUT2D eigenvalue weighted by atomic mass is 32.2. The molecule has 2 aliphatic heterocycles. The van der Waals surface area contributed by atoms with Crippen LogP contribution in [0.15, 0.2) is 0 Å². The fourth-order valence-corrected chi connectivity index (χ4v) is 4.16. The van der Waals surface area contributed by atoms with Crippen LogP contribution in [-0.2, 0) is 14.3 Å². The first-order valence-corrected chi connectivity index (χ1v) is 11.4. The Bertz CT molecular complexity index is 593. The molecule has 2 aliphatic rings. The molecule has 2 fully saturated rings. The van der Waals surface area contributed by atoms with Gasteiger partial charge in [-0.05, 0) is 60.8 Å². The van der Waals surface area contributed by atoms with Crippen LogP contribution < -0.4 is 0 Å². The number of hydrogen-bond acceptors (Lipinski definition) is 7. The van der Waals surface area contributed by atoms with Crippen molar-refractivity contribution in [3.05, 3.63) is 0 Å². The molecular formula is C21H38N2O6S. The van der Waals surface area contributed by atoms with Gasteiger partial charge in [0.05, 0.1) is 12.6 Å². The van der Waals surface area contributed by atoms with Crippen molar-refractivity contribution in [2.75, 3.05) is 26.2 Å². The number of rotatable bonds is 2. The van der Waals surface area contributed by atoms with E-state index >= 15 is 0 Å². The number of nitrogens with zero attached hydrogens (tertiary/aromatic N) is 2. The van der Waals surface area contributed by atoms with E-state index in [1.54, 1.807) is 25.7 Å². The Labute approximate surface area is 184 Å². The van der Waals surface area contributed by atoms with Gasteiger partial charge in [-0.2, -0.15) is 0 Å². The van der Waals surface area contributed by atoms with Crippen molar-refractivity contribution in [1.29, 1.82) is 0 Å². The summed E-state index contributed by atoms with van der Waals surface area (Å²) in [6, 6.07) is -0.253. The number of likely N-dealkylation sites (tertiary alicyclic amines) is 2. The zero-order valence-electron chi connectivity index (χ0n) is 19.4. The highest BCUT2D eigenvalue weighted by Crippen LogP contribution is 2.29. The van der Waals surface area contributed by atoms with Gasteiger partial charge in [-0.1, -0.05) is 11.8 Å². The highest BCUT2D eigenvalue weighted by molar-refractivity contribution is 8.14. The Balaban J connectivity index is 0.000000325. The van der Waals surface area contributed by atoms with Gasteiger partial charge in [0.15, 0.2) is 5.12 Å². The van der Waals surface area contributed by atoms with E-state index in [-0.39, 0.29) is 34.7 Å². The fourth-order valence-electron chi connectivity index (χ4n) is 3.14. The lowest BCUT2D eigenvalue weighted by Crippen LogP contribution is -2.41. The molecule has 2 amide bonds. The summed E-state index contributed by atoms with van der Waals surface area (Å²) in [5.41, 5.74) is -0.914. The average molecular weight is 447 g/mol. The van der Waals surface area contributed by atoms with E-state index in [1.807, 2.05) is 20.8 Å². The second-order valence-corrected chi connectivity index (χ2v) is 11.1. The molecule has 8 nitrogen and oxygen atoms in total. The monoisotopic (exact) mass is 446 g/mol. The summed E-state index contributed by atoms with van der Waals surface area (Å²) in [7, 11) is 0. The van der Waals surface area contributed by atoms with Crippen LogP contribution >= 0.6 is 11.8 Å². The van der Waals surface area contributed by atoms with Crippen molar-refractivity contribution < 1.29 is 29.0 Å². The minimum absolute atomic E-state index is 0.0303. The molecule has 0 radical (unpaired) electrons. The van der Waals surface area contributed by atoms with E-state index < -0.39 is 11.7 Å². The standard InChI is InChI=1S/C12H21NO4S.C9H17NO2/c1-8(15)18-10-5-9(7-14)13(6-10)11(16)17-12(2,3)4;1-9(2,3)12-8(11)10-6-4-5-7-10/h9-10,14H,5-7H2,1-4H3;4-7H2,1-3H3. The summed E-state index contributed by atoms with van der Waals surface area (Å²) in [6.45, 7) is 14.6. The fraction of sp³-hybridized carbons (Fsp3) is 0.857. The van der Waals surface area contributed by atoms with E-state index in [1.165, 1.54) is 23.6 Å². The van der Waals surface area contributed by atoms with Crippen LogP contribution in [0.25, 0.3) is 0 Å². The molecule has 2 rings (SSSR count). The third kappa shape index (κ3) is 10.0. The molecule has 2 saturated heterocycles. The molecule has 0 aromatic rings. The predicted molar refractivity (Wildman–Crippen MR) is 118 cm³/mol. The first kappa shape index (κ1) is 26.6. The van der Waals surface area contributed by atoms with Crippen molar-refractivity contribution in [3.8, 4) is 0 Å². The van der Waals surface area contributed by atoms with Crippen molar-refractivity contribution in [2.45, 2.75) is 90.2 Å². The molecule has 2 heterocycles. The Morgan fingerprint density at radius 2 is 1.47 bits per heavy atom. The van der Waals surface area contributed by atoms with Crippen molar-refractivity contribution in [2.24, 2.45) is 0 Å². The maximum atomic E-state index is 12.0. The Morgan fingerprint density at radius 3 is 1.90 bits per heavy atom. The largest absolute Gasteiger partial charge is 0.444 e. The van der Waals surface area contributed by atoms with Gasteiger partial charge in [0.25, 0.3) is 0 Å². The van der Waals surface area contributed by atoms with Crippen LogP contribution in [0.5, 0.6) is 0 Å². The van der Waals surface area contributed by atoms with Crippen LogP contribution in [0.4, 0.5) is 9.59 Å². The summed E-state index contributed by atoms with van der Waals surface area (Å²) in [5, 5.41) is 9.37. The van der Waals surface area contributed by atoms with E-state index in [0.29, 0.717) is 13.0 Å². The van der Waals surface area contributed by atoms with Crippen LogP contribution in [0.2, 0.25) is 0 Å². The van der Waals surface area contributed by atoms with E-state index in [0.717, 1.165) is 25.9 Å². The highest BCUT2D eigenvalue weighted by Gasteiger charge is 2.37. The van der Waals surface area contributed by atoms with Gasteiger partial charge in [-0.3, -0.25) is 4.79 Å². The van der Waals surface area contributed by atoms with Gasteiger partial charge in [0, 0.05) is 31.8 Å². The third-order valence-corrected chi connectivity index (χ3v) is 5.31. The second-order valence-electron chi connectivity index (χ2n) is 9.61. The lowest BCUT2D eigenvalue weighted by Gasteiger charge is -2.27. The summed E-state index contributed by atoms with van der Waals surface area (Å²) >= 11 is 1.22. The van der Waals surface area contributed by atoms with Crippen LogP contribution in [-0.4, -0.2) is 80.9 Å². The van der Waals surface area contributed by atoms with E-state index in [4.69, 9.17) is 9.47 Å². The van der Waals surface area contributed by atoms with Gasteiger partial charge >= 0.3 is 12.2 Å². The quantitative estimate of drug-likeness (QED) is 0.691. The average Bonchev–Trinajstić information content (AvgIpc) is 3.21. The molecule has 30 heavy (non-hydrogen) atoms.